The van der Waals surface area contributed by atoms with Gasteiger partial charge in [0.1, 0.15) is 5.82 Å². The monoisotopic (exact) mass is 437 g/mol. The van der Waals surface area contributed by atoms with E-state index >= 15 is 0 Å². The standard InChI is InChI=1S/C17H13BrFN3O5/c1-2-26-15-6-10(8-20)5-12(18)17(15)27-9-16(23)21-14-7-11(22(24)25)3-4-13(14)19/h3-7H,2,9H2,1H3,(H,21,23). The van der Waals surface area contributed by atoms with Crippen molar-refractivity contribution in [3.63, 3.8) is 0 Å². The Bertz CT molecular complexity index is 930. The number of nitro benzene ring substituents is 1. The van der Waals surface area contributed by atoms with E-state index in [1.54, 1.807) is 6.92 Å². The van der Waals surface area contributed by atoms with Gasteiger partial charge in [-0.2, -0.15) is 5.26 Å². The van der Waals surface area contributed by atoms with Crippen molar-refractivity contribution in [1.82, 2.24) is 0 Å². The number of carbonyl (C=O) groups is 1. The molecule has 0 aliphatic heterocycles. The third-order valence-corrected chi connectivity index (χ3v) is 3.81. The molecule has 0 aliphatic carbocycles. The van der Waals surface area contributed by atoms with Crippen LogP contribution in [-0.2, 0) is 4.79 Å². The number of hydrogen-bond acceptors (Lipinski definition) is 6. The Labute approximate surface area is 161 Å². The van der Waals surface area contributed by atoms with Gasteiger partial charge in [0.05, 0.1) is 33.3 Å². The van der Waals surface area contributed by atoms with Gasteiger partial charge in [0.15, 0.2) is 18.1 Å². The third kappa shape index (κ3) is 5.15. The van der Waals surface area contributed by atoms with Crippen LogP contribution in [0.3, 0.4) is 0 Å². The summed E-state index contributed by atoms with van der Waals surface area (Å²) in [5, 5.41) is 22.0. The van der Waals surface area contributed by atoms with Gasteiger partial charge in [-0.1, -0.05) is 0 Å². The van der Waals surface area contributed by atoms with Gasteiger partial charge in [-0.3, -0.25) is 14.9 Å². The maximum Gasteiger partial charge on any atom is 0.271 e. The second kappa shape index (κ2) is 8.95. The number of non-ortho nitro benzene ring substituents is 1. The maximum absolute atomic E-state index is 13.7. The van der Waals surface area contributed by atoms with Crippen molar-refractivity contribution in [1.29, 1.82) is 5.26 Å². The van der Waals surface area contributed by atoms with E-state index in [0.717, 1.165) is 18.2 Å². The third-order valence-electron chi connectivity index (χ3n) is 3.22. The molecule has 0 aromatic heterocycles. The summed E-state index contributed by atoms with van der Waals surface area (Å²) >= 11 is 3.24. The first-order valence-corrected chi connectivity index (χ1v) is 8.38. The molecule has 0 saturated carbocycles. The van der Waals surface area contributed by atoms with Crippen molar-refractivity contribution < 1.29 is 23.6 Å². The highest BCUT2D eigenvalue weighted by atomic mass is 79.9. The van der Waals surface area contributed by atoms with E-state index in [1.807, 2.05) is 6.07 Å². The number of anilines is 1. The van der Waals surface area contributed by atoms with Crippen molar-refractivity contribution >= 4 is 33.2 Å². The number of nitriles is 1. The molecule has 140 valence electrons. The Morgan fingerprint density at radius 2 is 2.11 bits per heavy atom. The lowest BCUT2D eigenvalue weighted by molar-refractivity contribution is -0.384. The normalized spacial score (nSPS) is 10.0. The highest BCUT2D eigenvalue weighted by molar-refractivity contribution is 9.10. The first kappa shape index (κ1) is 20.1. The van der Waals surface area contributed by atoms with Gasteiger partial charge in [-0.25, -0.2) is 4.39 Å². The van der Waals surface area contributed by atoms with E-state index < -0.39 is 23.3 Å². The SMILES string of the molecule is CCOc1cc(C#N)cc(Br)c1OCC(=O)Nc1cc([N+](=O)[O-])ccc1F. The molecule has 2 aromatic carbocycles. The van der Waals surface area contributed by atoms with Gasteiger partial charge in [0, 0.05) is 18.2 Å². The molecule has 0 spiro atoms. The average Bonchev–Trinajstić information content (AvgIpc) is 2.62. The number of carbonyl (C=O) groups excluding carboxylic acids is 1. The van der Waals surface area contributed by atoms with E-state index in [4.69, 9.17) is 14.7 Å². The minimum Gasteiger partial charge on any atom is -0.490 e. The summed E-state index contributed by atoms with van der Waals surface area (Å²) in [6.07, 6.45) is 0. The second-order valence-electron chi connectivity index (χ2n) is 5.09. The lowest BCUT2D eigenvalue weighted by Gasteiger charge is -2.14. The maximum atomic E-state index is 13.7. The summed E-state index contributed by atoms with van der Waals surface area (Å²) in [7, 11) is 0. The molecule has 1 amide bonds. The molecule has 2 rings (SSSR count). The van der Waals surface area contributed by atoms with Crippen molar-refractivity contribution in [2.45, 2.75) is 6.92 Å². The molecule has 0 radical (unpaired) electrons. The van der Waals surface area contributed by atoms with Crippen LogP contribution in [-0.4, -0.2) is 24.0 Å². The Balaban J connectivity index is 2.13. The van der Waals surface area contributed by atoms with Gasteiger partial charge >= 0.3 is 0 Å². The number of benzene rings is 2. The number of hydrogen-bond donors (Lipinski definition) is 1. The highest BCUT2D eigenvalue weighted by Gasteiger charge is 2.16. The predicted molar refractivity (Wildman–Crippen MR) is 97.2 cm³/mol. The summed E-state index contributed by atoms with van der Waals surface area (Å²) in [6, 6.07) is 7.72. The van der Waals surface area contributed by atoms with Crippen LogP contribution in [0.2, 0.25) is 0 Å². The van der Waals surface area contributed by atoms with Crippen LogP contribution >= 0.6 is 15.9 Å². The van der Waals surface area contributed by atoms with Crippen LogP contribution in [0.1, 0.15) is 12.5 Å². The molecule has 0 unspecified atom stereocenters. The number of nitrogens with zero attached hydrogens (tertiary/aromatic N) is 2. The smallest absolute Gasteiger partial charge is 0.271 e. The Hall–Kier alpha value is -3.19. The Morgan fingerprint density at radius 3 is 2.74 bits per heavy atom. The van der Waals surface area contributed by atoms with Gasteiger partial charge in [-0.15, -0.1) is 0 Å². The summed E-state index contributed by atoms with van der Waals surface area (Å²) < 4.78 is 25.0. The lowest BCUT2D eigenvalue weighted by Crippen LogP contribution is -2.21. The first-order chi connectivity index (χ1) is 12.8. The molecule has 8 nitrogen and oxygen atoms in total. The van der Waals surface area contributed by atoms with Crippen molar-refractivity contribution in [3.05, 3.63) is 56.3 Å². The number of nitro groups is 1. The van der Waals surface area contributed by atoms with Crippen molar-refractivity contribution in [2.24, 2.45) is 0 Å². The quantitative estimate of drug-likeness (QED) is 0.520. The predicted octanol–water partition coefficient (Wildman–Crippen LogP) is 3.78. The minimum absolute atomic E-state index is 0.200. The van der Waals surface area contributed by atoms with Crippen LogP contribution in [0.15, 0.2) is 34.8 Å². The summed E-state index contributed by atoms with van der Waals surface area (Å²) in [5.74, 6) is -1.08. The van der Waals surface area contributed by atoms with E-state index in [1.165, 1.54) is 12.1 Å². The number of rotatable bonds is 7. The summed E-state index contributed by atoms with van der Waals surface area (Å²) in [6.45, 7) is 1.55. The molecule has 27 heavy (non-hydrogen) atoms. The zero-order valence-electron chi connectivity index (χ0n) is 14.0. The van der Waals surface area contributed by atoms with Crippen LogP contribution in [0.25, 0.3) is 0 Å². The van der Waals surface area contributed by atoms with Crippen LogP contribution in [0.4, 0.5) is 15.8 Å². The number of amides is 1. The van der Waals surface area contributed by atoms with E-state index in [0.29, 0.717) is 16.6 Å². The zero-order chi connectivity index (χ0) is 20.0. The van der Waals surface area contributed by atoms with Gasteiger partial charge in [0.25, 0.3) is 11.6 Å². The Morgan fingerprint density at radius 1 is 1.37 bits per heavy atom. The fourth-order valence-electron chi connectivity index (χ4n) is 2.08. The molecule has 0 bridgehead atoms. The first-order valence-electron chi connectivity index (χ1n) is 7.58. The molecule has 0 atom stereocenters. The fraction of sp³-hybridized carbons (Fsp3) is 0.176. The van der Waals surface area contributed by atoms with Crippen molar-refractivity contribution in [3.8, 4) is 17.6 Å². The lowest BCUT2D eigenvalue weighted by atomic mass is 10.2. The molecule has 1 N–H and O–H groups in total. The van der Waals surface area contributed by atoms with Crippen LogP contribution in [0, 0.1) is 27.3 Å². The largest absolute Gasteiger partial charge is 0.490 e. The number of ether oxygens (including phenoxy) is 2. The van der Waals surface area contributed by atoms with Crippen LogP contribution in [0.5, 0.6) is 11.5 Å². The van der Waals surface area contributed by atoms with E-state index in [9.17, 15) is 19.3 Å². The minimum atomic E-state index is -0.816. The van der Waals surface area contributed by atoms with Crippen LogP contribution < -0.4 is 14.8 Å². The summed E-state index contributed by atoms with van der Waals surface area (Å²) in [4.78, 5) is 22.1. The van der Waals surface area contributed by atoms with E-state index in [2.05, 4.69) is 21.2 Å². The van der Waals surface area contributed by atoms with Crippen molar-refractivity contribution in [2.75, 3.05) is 18.5 Å². The van der Waals surface area contributed by atoms with Gasteiger partial charge in [-0.05, 0) is 35.0 Å². The molecule has 0 saturated heterocycles. The molecule has 0 fully saturated rings. The van der Waals surface area contributed by atoms with Gasteiger partial charge in [0.2, 0.25) is 0 Å². The van der Waals surface area contributed by atoms with Gasteiger partial charge < -0.3 is 14.8 Å². The molecule has 2 aromatic rings. The fourth-order valence-corrected chi connectivity index (χ4v) is 2.64. The topological polar surface area (TPSA) is 114 Å². The van der Waals surface area contributed by atoms with E-state index in [-0.39, 0.29) is 22.9 Å². The highest BCUT2D eigenvalue weighted by Crippen LogP contribution is 2.36. The molecule has 10 heteroatoms. The Kier molecular flexibility index (Phi) is 6.67. The molecule has 0 aliphatic rings. The number of nitrogens with one attached hydrogen (secondary N) is 1. The second-order valence-corrected chi connectivity index (χ2v) is 5.94. The average molecular weight is 438 g/mol. The number of halogens is 2. The summed E-state index contributed by atoms with van der Waals surface area (Å²) in [5.41, 5.74) is -0.358. The molecule has 0 heterocycles. The zero-order valence-corrected chi connectivity index (χ0v) is 15.6. The molecular formula is C17H13BrFN3O5. The molecular weight excluding hydrogens is 425 g/mol.